The molecule has 0 spiro atoms. The third kappa shape index (κ3) is 4.38. The zero-order chi connectivity index (χ0) is 22.8. The molecule has 3 nitrogen and oxygen atoms in total. The Balaban J connectivity index is 1.70. The van der Waals surface area contributed by atoms with Crippen molar-refractivity contribution < 1.29 is 4.74 Å². The molecule has 0 saturated heterocycles. The first-order chi connectivity index (χ1) is 16.1. The maximum absolute atomic E-state index is 6.31. The minimum Gasteiger partial charge on any atom is -0.497 e. The summed E-state index contributed by atoms with van der Waals surface area (Å²) in [6, 6.07) is 33.8. The number of methoxy groups -OCH3 is 1. The van der Waals surface area contributed by atoms with Gasteiger partial charge in [-0.1, -0.05) is 71.7 Å². The van der Waals surface area contributed by atoms with Crippen molar-refractivity contribution in [2.45, 2.75) is 0 Å². The number of benzene rings is 4. The molecule has 0 aliphatic carbocycles. The van der Waals surface area contributed by atoms with Crippen LogP contribution in [0.25, 0.3) is 39.3 Å². The van der Waals surface area contributed by atoms with E-state index < -0.39 is 0 Å². The average molecular weight is 471 g/mol. The molecular weight excluding hydrogens is 451 g/mol. The van der Waals surface area contributed by atoms with Gasteiger partial charge in [0.1, 0.15) is 5.75 Å². The van der Waals surface area contributed by atoms with Gasteiger partial charge in [-0.15, -0.1) is 0 Å². The highest BCUT2D eigenvalue weighted by Gasteiger charge is 2.16. The van der Waals surface area contributed by atoms with Crippen molar-refractivity contribution in [3.63, 3.8) is 0 Å². The maximum Gasteiger partial charge on any atom is 0.119 e. The first-order valence-corrected chi connectivity index (χ1v) is 11.2. The number of halogens is 2. The van der Waals surface area contributed by atoms with Crippen molar-refractivity contribution >= 4 is 23.2 Å². The van der Waals surface area contributed by atoms with Crippen LogP contribution >= 0.6 is 23.2 Å². The van der Waals surface area contributed by atoms with Gasteiger partial charge in [0.15, 0.2) is 0 Å². The molecule has 162 valence electrons. The number of rotatable bonds is 5. The lowest BCUT2D eigenvalue weighted by molar-refractivity contribution is 0.415. The molecule has 0 N–H and O–H groups in total. The molecule has 0 aliphatic rings. The van der Waals surface area contributed by atoms with E-state index in [9.17, 15) is 0 Å². The molecule has 5 rings (SSSR count). The second-order valence-corrected chi connectivity index (χ2v) is 8.46. The number of aromatic nitrogens is 2. The Morgan fingerprint density at radius 2 is 1.39 bits per heavy atom. The molecule has 0 fully saturated rings. The molecule has 4 aromatic carbocycles. The first kappa shape index (κ1) is 21.3. The Bertz CT molecular complexity index is 1420. The Hall–Kier alpha value is -3.53. The summed E-state index contributed by atoms with van der Waals surface area (Å²) >= 11 is 12.4. The second kappa shape index (κ2) is 9.14. The smallest absolute Gasteiger partial charge is 0.119 e. The molecule has 33 heavy (non-hydrogen) atoms. The van der Waals surface area contributed by atoms with Gasteiger partial charge in [-0.05, 0) is 65.7 Å². The predicted molar refractivity (Wildman–Crippen MR) is 136 cm³/mol. The van der Waals surface area contributed by atoms with Gasteiger partial charge in [0.25, 0.3) is 0 Å². The monoisotopic (exact) mass is 470 g/mol. The molecule has 0 unspecified atom stereocenters. The van der Waals surface area contributed by atoms with E-state index in [2.05, 4.69) is 24.3 Å². The van der Waals surface area contributed by atoms with Crippen LogP contribution in [0.3, 0.4) is 0 Å². The molecule has 0 amide bonds. The highest BCUT2D eigenvalue weighted by atomic mass is 35.5. The highest BCUT2D eigenvalue weighted by Crippen LogP contribution is 2.36. The Kier molecular flexibility index (Phi) is 5.91. The number of nitrogens with zero attached hydrogens (tertiary/aromatic N) is 2. The summed E-state index contributed by atoms with van der Waals surface area (Å²) < 4.78 is 7.37. The van der Waals surface area contributed by atoms with E-state index in [1.165, 1.54) is 0 Å². The van der Waals surface area contributed by atoms with Gasteiger partial charge in [0, 0.05) is 21.2 Å². The van der Waals surface area contributed by atoms with Crippen LogP contribution < -0.4 is 4.74 Å². The molecule has 5 aromatic rings. The van der Waals surface area contributed by atoms with Gasteiger partial charge in [0.2, 0.25) is 0 Å². The topological polar surface area (TPSA) is 27.1 Å². The minimum absolute atomic E-state index is 0.676. The van der Waals surface area contributed by atoms with E-state index in [1.807, 2.05) is 83.5 Å². The van der Waals surface area contributed by atoms with Crippen LogP contribution in [0.5, 0.6) is 5.75 Å². The fourth-order valence-electron chi connectivity index (χ4n) is 3.89. The molecule has 0 atom stereocenters. The molecule has 0 aliphatic heterocycles. The number of hydrogen-bond acceptors (Lipinski definition) is 2. The lowest BCUT2D eigenvalue weighted by Gasteiger charge is -2.09. The van der Waals surface area contributed by atoms with Gasteiger partial charge in [-0.3, -0.25) is 0 Å². The van der Waals surface area contributed by atoms with Gasteiger partial charge in [0.05, 0.1) is 24.2 Å². The Morgan fingerprint density at radius 1 is 0.667 bits per heavy atom. The van der Waals surface area contributed by atoms with Crippen LogP contribution in [0.1, 0.15) is 0 Å². The lowest BCUT2D eigenvalue weighted by atomic mass is 9.97. The van der Waals surface area contributed by atoms with E-state index in [-0.39, 0.29) is 0 Å². The van der Waals surface area contributed by atoms with Crippen molar-refractivity contribution in [1.82, 2.24) is 9.78 Å². The quantitative estimate of drug-likeness (QED) is 0.258. The summed E-state index contributed by atoms with van der Waals surface area (Å²) in [5.74, 6) is 0.814. The summed E-state index contributed by atoms with van der Waals surface area (Å²) in [6.07, 6.45) is 0. The molecule has 0 radical (unpaired) electrons. The maximum atomic E-state index is 6.31. The van der Waals surface area contributed by atoms with Crippen molar-refractivity contribution in [2.24, 2.45) is 0 Å². The fourth-order valence-corrected chi connectivity index (χ4v) is 4.21. The molecule has 0 bridgehead atoms. The van der Waals surface area contributed by atoms with E-state index >= 15 is 0 Å². The number of hydrogen-bond donors (Lipinski definition) is 0. The van der Waals surface area contributed by atoms with Crippen molar-refractivity contribution in [1.29, 1.82) is 0 Å². The van der Waals surface area contributed by atoms with E-state index in [4.69, 9.17) is 33.0 Å². The van der Waals surface area contributed by atoms with Crippen molar-refractivity contribution in [2.75, 3.05) is 7.11 Å². The van der Waals surface area contributed by atoms with Crippen molar-refractivity contribution in [3.8, 4) is 45.1 Å². The second-order valence-electron chi connectivity index (χ2n) is 7.59. The summed E-state index contributed by atoms with van der Waals surface area (Å²) in [7, 11) is 1.68. The van der Waals surface area contributed by atoms with Gasteiger partial charge >= 0.3 is 0 Å². The van der Waals surface area contributed by atoms with Crippen LogP contribution in [0, 0.1) is 0 Å². The SMILES string of the molecule is COc1cccc(-c2ccccc2-c2cc(-c3cccc(Cl)c3)n(-c3ccc(Cl)cc3)n2)c1. The molecular formula is C28H20Cl2N2O. The van der Waals surface area contributed by atoms with Gasteiger partial charge in [-0.25, -0.2) is 4.68 Å². The van der Waals surface area contributed by atoms with Crippen LogP contribution in [0.15, 0.2) is 103 Å². The predicted octanol–water partition coefficient (Wildman–Crippen LogP) is 8.19. The van der Waals surface area contributed by atoms with Gasteiger partial charge < -0.3 is 4.74 Å². The number of ether oxygens (including phenoxy) is 1. The van der Waals surface area contributed by atoms with E-state index in [0.717, 1.165) is 45.1 Å². The zero-order valence-corrected chi connectivity index (χ0v) is 19.4. The summed E-state index contributed by atoms with van der Waals surface area (Å²) in [4.78, 5) is 0. The Morgan fingerprint density at radius 3 is 2.15 bits per heavy atom. The van der Waals surface area contributed by atoms with Gasteiger partial charge in [-0.2, -0.15) is 5.10 Å². The molecule has 0 saturated carbocycles. The largest absolute Gasteiger partial charge is 0.497 e. The highest BCUT2D eigenvalue weighted by molar-refractivity contribution is 6.31. The summed E-state index contributed by atoms with van der Waals surface area (Å²) in [5, 5.41) is 6.37. The molecule has 5 heteroatoms. The normalized spacial score (nSPS) is 10.9. The van der Waals surface area contributed by atoms with Crippen LogP contribution in [0.2, 0.25) is 10.0 Å². The van der Waals surface area contributed by atoms with E-state index in [1.54, 1.807) is 7.11 Å². The Labute approximate surface area is 202 Å². The minimum atomic E-state index is 0.676. The average Bonchev–Trinajstić information content (AvgIpc) is 3.30. The van der Waals surface area contributed by atoms with Crippen LogP contribution in [0.4, 0.5) is 0 Å². The fraction of sp³-hybridized carbons (Fsp3) is 0.0357. The first-order valence-electron chi connectivity index (χ1n) is 10.5. The lowest BCUT2D eigenvalue weighted by Crippen LogP contribution is -1.99. The third-order valence-corrected chi connectivity index (χ3v) is 5.97. The van der Waals surface area contributed by atoms with Crippen LogP contribution in [-0.2, 0) is 0 Å². The molecule has 1 heterocycles. The molecule has 1 aromatic heterocycles. The summed E-state index contributed by atoms with van der Waals surface area (Å²) in [5.41, 5.74) is 6.87. The van der Waals surface area contributed by atoms with E-state index in [0.29, 0.717) is 10.0 Å². The van der Waals surface area contributed by atoms with Crippen molar-refractivity contribution in [3.05, 3.63) is 113 Å². The standard InChI is InChI=1S/C28H20Cl2N2O/c1-33-24-9-5-6-19(17-24)25-10-2-3-11-26(25)27-18-28(20-7-4-8-22(30)16-20)32(31-27)23-14-12-21(29)13-15-23/h2-18H,1H3. The zero-order valence-electron chi connectivity index (χ0n) is 17.9. The third-order valence-electron chi connectivity index (χ3n) is 5.48. The summed E-state index contributed by atoms with van der Waals surface area (Å²) in [6.45, 7) is 0. The van der Waals surface area contributed by atoms with Crippen LogP contribution in [-0.4, -0.2) is 16.9 Å².